The predicted octanol–water partition coefficient (Wildman–Crippen LogP) is 2.63. The van der Waals surface area contributed by atoms with E-state index in [2.05, 4.69) is 41.7 Å². The fourth-order valence-corrected chi connectivity index (χ4v) is 1.74. The fourth-order valence-electron chi connectivity index (χ4n) is 1.52. The lowest BCUT2D eigenvalue weighted by Crippen LogP contribution is -2.16. The average Bonchev–Trinajstić information content (AvgIpc) is 2.44. The van der Waals surface area contributed by atoms with Crippen molar-refractivity contribution in [2.75, 3.05) is 17.2 Å². The summed E-state index contributed by atoms with van der Waals surface area (Å²) in [5, 5.41) is 13.5. The van der Waals surface area contributed by atoms with Crippen LogP contribution in [0, 0.1) is 6.92 Å². The summed E-state index contributed by atoms with van der Waals surface area (Å²) in [5.74, 6) is 0.782. The number of hydrogen-bond donors (Lipinski definition) is 2. The van der Waals surface area contributed by atoms with Crippen molar-refractivity contribution in [3.8, 4) is 0 Å². The molecule has 7 heteroatoms. The highest BCUT2D eigenvalue weighted by atomic mass is 79.9. The molecular weight excluding hydrogens is 322 g/mol. The van der Waals surface area contributed by atoms with Crippen LogP contribution in [0.3, 0.4) is 0 Å². The Morgan fingerprint density at radius 2 is 1.95 bits per heavy atom. The Labute approximate surface area is 125 Å². The third kappa shape index (κ3) is 3.51. The normalized spacial score (nSPS) is 10.2. The number of carbonyl (C=O) groups excluding carboxylic acids is 1. The highest BCUT2D eigenvalue weighted by Crippen LogP contribution is 2.16. The van der Waals surface area contributed by atoms with Crippen molar-refractivity contribution in [1.29, 1.82) is 0 Å². The second kappa shape index (κ2) is 6.42. The van der Waals surface area contributed by atoms with Crippen LogP contribution >= 0.6 is 15.9 Å². The van der Waals surface area contributed by atoms with Crippen molar-refractivity contribution < 1.29 is 4.79 Å². The minimum Gasteiger partial charge on any atom is -0.369 e. The summed E-state index contributed by atoms with van der Waals surface area (Å²) < 4.78 is 0.894. The van der Waals surface area contributed by atoms with E-state index in [-0.39, 0.29) is 11.6 Å². The maximum Gasteiger partial charge on any atom is 0.277 e. The molecule has 0 aliphatic heterocycles. The van der Waals surface area contributed by atoms with E-state index in [1.54, 1.807) is 18.2 Å². The van der Waals surface area contributed by atoms with E-state index in [1.807, 2.05) is 19.9 Å². The fraction of sp³-hybridized carbons (Fsp3) is 0.231. The first-order valence-corrected chi connectivity index (χ1v) is 6.91. The molecule has 2 rings (SSSR count). The molecule has 20 heavy (non-hydrogen) atoms. The quantitative estimate of drug-likeness (QED) is 0.897. The van der Waals surface area contributed by atoms with E-state index in [9.17, 15) is 4.79 Å². The number of pyridine rings is 1. The average molecular weight is 336 g/mol. The molecule has 0 aromatic carbocycles. The van der Waals surface area contributed by atoms with Gasteiger partial charge in [0.2, 0.25) is 0 Å². The number of nitrogens with one attached hydrogen (secondary N) is 2. The van der Waals surface area contributed by atoms with Crippen LogP contribution in [0.5, 0.6) is 0 Å². The summed E-state index contributed by atoms with van der Waals surface area (Å²) in [6.45, 7) is 4.57. The zero-order valence-corrected chi connectivity index (χ0v) is 12.7. The number of hydrogen-bond acceptors (Lipinski definition) is 5. The summed E-state index contributed by atoms with van der Waals surface area (Å²) >= 11 is 3.36. The van der Waals surface area contributed by atoms with Crippen molar-refractivity contribution in [3.05, 3.63) is 40.1 Å². The minimum atomic E-state index is -0.338. The van der Waals surface area contributed by atoms with Gasteiger partial charge in [0.1, 0.15) is 11.6 Å². The standard InChI is InChI=1S/C13H14BrN5O/c1-3-15-11-7-5-10(18-19-11)13(20)17-12-6-4-9(14)8(2)16-12/h4-7H,3H2,1-2H3,(H,15,19)(H,16,17,20). The Hall–Kier alpha value is -2.02. The van der Waals surface area contributed by atoms with Crippen LogP contribution in [-0.4, -0.2) is 27.6 Å². The summed E-state index contributed by atoms with van der Waals surface area (Å²) in [7, 11) is 0. The van der Waals surface area contributed by atoms with Gasteiger partial charge in [-0.15, -0.1) is 10.2 Å². The number of halogens is 1. The molecule has 2 N–H and O–H groups in total. The number of carbonyl (C=O) groups is 1. The SMILES string of the molecule is CCNc1ccc(C(=O)Nc2ccc(Br)c(C)n2)nn1. The molecule has 0 atom stereocenters. The van der Waals surface area contributed by atoms with Crippen molar-refractivity contribution in [2.24, 2.45) is 0 Å². The van der Waals surface area contributed by atoms with E-state index < -0.39 is 0 Å². The predicted molar refractivity (Wildman–Crippen MR) is 80.8 cm³/mol. The number of aryl methyl sites for hydroxylation is 1. The van der Waals surface area contributed by atoms with Gasteiger partial charge in [-0.05, 0) is 54.0 Å². The molecule has 0 fully saturated rings. The Bertz CT molecular complexity index is 615. The summed E-state index contributed by atoms with van der Waals surface area (Å²) in [6, 6.07) is 6.88. The number of rotatable bonds is 4. The highest BCUT2D eigenvalue weighted by Gasteiger charge is 2.10. The second-order valence-corrected chi connectivity index (χ2v) is 4.91. The number of nitrogens with zero attached hydrogens (tertiary/aromatic N) is 3. The summed E-state index contributed by atoms with van der Waals surface area (Å²) in [6.07, 6.45) is 0. The summed E-state index contributed by atoms with van der Waals surface area (Å²) in [5.41, 5.74) is 1.05. The molecule has 0 radical (unpaired) electrons. The van der Waals surface area contributed by atoms with E-state index in [4.69, 9.17) is 0 Å². The molecule has 104 valence electrons. The van der Waals surface area contributed by atoms with Crippen molar-refractivity contribution in [1.82, 2.24) is 15.2 Å². The molecule has 0 unspecified atom stereocenters. The molecule has 1 amide bonds. The molecule has 0 saturated carbocycles. The third-order valence-corrected chi connectivity index (χ3v) is 3.36. The van der Waals surface area contributed by atoms with E-state index >= 15 is 0 Å². The summed E-state index contributed by atoms with van der Waals surface area (Å²) in [4.78, 5) is 16.2. The van der Waals surface area contributed by atoms with Crippen LogP contribution in [-0.2, 0) is 0 Å². The zero-order chi connectivity index (χ0) is 14.5. The Morgan fingerprint density at radius 3 is 2.55 bits per heavy atom. The maximum atomic E-state index is 12.0. The van der Waals surface area contributed by atoms with Gasteiger partial charge < -0.3 is 10.6 Å². The molecule has 2 heterocycles. The molecule has 0 aliphatic rings. The first kappa shape index (κ1) is 14.4. The molecular formula is C13H14BrN5O. The Kier molecular flexibility index (Phi) is 4.62. The first-order chi connectivity index (χ1) is 9.60. The van der Waals surface area contributed by atoms with Gasteiger partial charge in [-0.3, -0.25) is 4.79 Å². The van der Waals surface area contributed by atoms with E-state index in [1.165, 1.54) is 0 Å². The monoisotopic (exact) mass is 335 g/mol. The van der Waals surface area contributed by atoms with Crippen LogP contribution in [0.15, 0.2) is 28.7 Å². The number of anilines is 2. The van der Waals surface area contributed by atoms with Crippen molar-refractivity contribution in [2.45, 2.75) is 13.8 Å². The highest BCUT2D eigenvalue weighted by molar-refractivity contribution is 9.10. The van der Waals surface area contributed by atoms with Gasteiger partial charge in [-0.25, -0.2) is 4.98 Å². The van der Waals surface area contributed by atoms with Crippen LogP contribution in [0.1, 0.15) is 23.1 Å². The lowest BCUT2D eigenvalue weighted by molar-refractivity contribution is 0.102. The van der Waals surface area contributed by atoms with Crippen LogP contribution in [0.4, 0.5) is 11.6 Å². The van der Waals surface area contributed by atoms with Gasteiger partial charge in [0.05, 0.1) is 5.69 Å². The van der Waals surface area contributed by atoms with Crippen LogP contribution in [0.25, 0.3) is 0 Å². The molecule has 0 aliphatic carbocycles. The lowest BCUT2D eigenvalue weighted by atomic mass is 10.3. The zero-order valence-electron chi connectivity index (χ0n) is 11.1. The third-order valence-electron chi connectivity index (χ3n) is 2.52. The van der Waals surface area contributed by atoms with Gasteiger partial charge in [0, 0.05) is 11.0 Å². The number of amides is 1. The molecule has 6 nitrogen and oxygen atoms in total. The van der Waals surface area contributed by atoms with Gasteiger partial charge in [0.25, 0.3) is 5.91 Å². The first-order valence-electron chi connectivity index (χ1n) is 6.12. The Morgan fingerprint density at radius 1 is 1.20 bits per heavy atom. The Balaban J connectivity index is 2.09. The van der Waals surface area contributed by atoms with Gasteiger partial charge in [0.15, 0.2) is 5.69 Å². The van der Waals surface area contributed by atoms with Crippen LogP contribution < -0.4 is 10.6 Å². The topological polar surface area (TPSA) is 79.8 Å². The van der Waals surface area contributed by atoms with Crippen LogP contribution in [0.2, 0.25) is 0 Å². The maximum absolute atomic E-state index is 12.0. The second-order valence-electron chi connectivity index (χ2n) is 4.05. The molecule has 2 aromatic heterocycles. The molecule has 0 saturated heterocycles. The van der Waals surface area contributed by atoms with Gasteiger partial charge in [-0.1, -0.05) is 0 Å². The molecule has 0 spiro atoms. The van der Waals surface area contributed by atoms with Gasteiger partial charge in [-0.2, -0.15) is 0 Å². The smallest absolute Gasteiger partial charge is 0.277 e. The lowest BCUT2D eigenvalue weighted by Gasteiger charge is -2.06. The molecule has 2 aromatic rings. The molecule has 0 bridgehead atoms. The van der Waals surface area contributed by atoms with Crippen molar-refractivity contribution >= 4 is 33.5 Å². The van der Waals surface area contributed by atoms with E-state index in [0.29, 0.717) is 11.6 Å². The van der Waals surface area contributed by atoms with E-state index in [0.717, 1.165) is 16.7 Å². The van der Waals surface area contributed by atoms with Crippen molar-refractivity contribution in [3.63, 3.8) is 0 Å². The van der Waals surface area contributed by atoms with Gasteiger partial charge >= 0.3 is 0 Å². The minimum absolute atomic E-state index is 0.244. The largest absolute Gasteiger partial charge is 0.369 e. The number of aromatic nitrogens is 3.